The van der Waals surface area contributed by atoms with Crippen LogP contribution in [0.15, 0.2) is 60.7 Å². The van der Waals surface area contributed by atoms with Crippen molar-refractivity contribution in [3.8, 4) is 5.75 Å². The number of phenols is 1. The average molecular weight is 475 g/mol. The van der Waals surface area contributed by atoms with Crippen molar-refractivity contribution >= 4 is 46.9 Å². The number of para-hydroxylation sites is 1. The van der Waals surface area contributed by atoms with Crippen molar-refractivity contribution in [1.29, 1.82) is 0 Å². The predicted octanol–water partition coefficient (Wildman–Crippen LogP) is 1.94. The molecule has 5 N–H and O–H groups in total. The maximum Gasteiger partial charge on any atom is 0.310 e. The molecule has 158 valence electrons. The number of carbonyl (C=O) groups is 2. The fourth-order valence-electron chi connectivity index (χ4n) is 2.69. The molecule has 1 atom stereocenters. The van der Waals surface area contributed by atoms with Gasteiger partial charge in [-0.2, -0.15) is 0 Å². The van der Waals surface area contributed by atoms with Crippen LogP contribution in [0.3, 0.4) is 0 Å². The zero-order valence-corrected chi connectivity index (χ0v) is 18.2. The van der Waals surface area contributed by atoms with E-state index < -0.39 is 32.0 Å². The first-order valence-corrected chi connectivity index (χ1v) is 12.3. The first-order valence-electron chi connectivity index (χ1n) is 8.88. The van der Waals surface area contributed by atoms with E-state index in [0.29, 0.717) is 0 Å². The number of aliphatic carboxylic acids is 1. The molecule has 8 nitrogen and oxygen atoms in total. The Morgan fingerprint density at radius 3 is 2.17 bits per heavy atom. The number of carboxylic acids is 1. The van der Waals surface area contributed by atoms with E-state index in [4.69, 9.17) is 13.3 Å². The Morgan fingerprint density at radius 2 is 1.60 bits per heavy atom. The maximum absolute atomic E-state index is 11.1. The molecule has 0 saturated heterocycles. The molecule has 3 rings (SSSR count). The van der Waals surface area contributed by atoms with Crippen LogP contribution in [0.4, 0.5) is 5.69 Å². The molecule has 0 heterocycles. The molecule has 9 heteroatoms. The van der Waals surface area contributed by atoms with Gasteiger partial charge in [-0.3, -0.25) is 4.79 Å². The van der Waals surface area contributed by atoms with Crippen LogP contribution in [0.5, 0.6) is 5.75 Å². The number of rotatable bonds is 4. The number of hydrogen-bond donors (Lipinski definition) is 5. The molecule has 0 saturated carbocycles. The number of nitrogens with one attached hydrogen (secondary N) is 1. The third-order valence-electron chi connectivity index (χ3n) is 4.28. The zero-order chi connectivity index (χ0) is 22.5. The molecule has 0 aliphatic heterocycles. The topological polar surface area (TPSA) is 144 Å². The number of fused-ring (bicyclic) bond motifs is 1. The van der Waals surface area contributed by atoms with Gasteiger partial charge in [-0.25, -0.2) is 0 Å². The summed E-state index contributed by atoms with van der Waals surface area (Å²) < 4.78 is 28.8. The molecule has 3 aromatic carbocycles. The van der Waals surface area contributed by atoms with E-state index in [1.807, 2.05) is 42.5 Å². The van der Waals surface area contributed by atoms with Crippen LogP contribution in [-0.2, 0) is 13.3 Å². The van der Waals surface area contributed by atoms with Gasteiger partial charge in [0, 0.05) is 0 Å². The third-order valence-corrected chi connectivity index (χ3v) is 6.38. The number of aromatic hydroxyl groups is 1. The Morgan fingerprint density at radius 1 is 0.967 bits per heavy atom. The second-order valence-corrected chi connectivity index (χ2v) is 9.86. The van der Waals surface area contributed by atoms with Crippen molar-refractivity contribution in [2.24, 2.45) is 0 Å². The summed E-state index contributed by atoms with van der Waals surface area (Å²) in [5.74, 6) is -2.12. The largest absolute Gasteiger partial charge is 0.481 e. The molecule has 0 fully saturated rings. The summed E-state index contributed by atoms with van der Waals surface area (Å²) in [5.41, 5.74) is 0.624. The number of carboxylic acid groups (broad SMARTS) is 1. The van der Waals surface area contributed by atoms with E-state index in [0.717, 1.165) is 16.3 Å². The summed E-state index contributed by atoms with van der Waals surface area (Å²) in [7, 11) is 0. The molecule has 0 radical (unpaired) electrons. The van der Waals surface area contributed by atoms with Crippen LogP contribution in [0.2, 0.25) is 0 Å². The molecule has 0 bridgehead atoms. The number of amides is 1. The van der Waals surface area contributed by atoms with Crippen LogP contribution >= 0.6 is 0 Å². The maximum atomic E-state index is 11.1. The number of hydrogen-bond acceptors (Lipinski definition) is 4. The fourth-order valence-corrected chi connectivity index (χ4v) is 4.25. The van der Waals surface area contributed by atoms with Gasteiger partial charge in [0.05, 0.1) is 5.92 Å². The summed E-state index contributed by atoms with van der Waals surface area (Å²) in [6.45, 7) is 2.88. The molecule has 0 aliphatic rings. The molecule has 1 unspecified atom stereocenters. The van der Waals surface area contributed by atoms with E-state index >= 15 is 0 Å². The third kappa shape index (κ3) is 5.97. The van der Waals surface area contributed by atoms with Crippen LogP contribution in [0, 0.1) is 0 Å². The number of anilines is 1. The van der Waals surface area contributed by atoms with Gasteiger partial charge in [-0.15, -0.1) is 0 Å². The van der Waals surface area contributed by atoms with Crippen molar-refractivity contribution in [3.63, 3.8) is 0 Å². The summed E-state index contributed by atoms with van der Waals surface area (Å²) in [6.07, 6.45) is 0. The van der Waals surface area contributed by atoms with E-state index in [1.165, 1.54) is 25.1 Å². The van der Waals surface area contributed by atoms with Crippen LogP contribution in [-0.4, -0.2) is 44.5 Å². The van der Waals surface area contributed by atoms with Crippen molar-refractivity contribution in [2.45, 2.75) is 19.8 Å². The van der Waals surface area contributed by atoms with Crippen molar-refractivity contribution in [1.82, 2.24) is 0 Å². The molecule has 0 aromatic heterocycles. The monoisotopic (exact) mass is 475 g/mol. The number of phenolic OH excluding ortho intramolecular Hbond substituents is 1. The molecular formula is C21H22AsNO7. The summed E-state index contributed by atoms with van der Waals surface area (Å²) in [4.78, 5) is 21.6. The van der Waals surface area contributed by atoms with Crippen molar-refractivity contribution in [2.75, 3.05) is 5.32 Å². The van der Waals surface area contributed by atoms with Gasteiger partial charge in [-0.05, 0) is 23.3 Å². The van der Waals surface area contributed by atoms with E-state index in [2.05, 4.69) is 5.32 Å². The first kappa shape index (κ1) is 23.2. The van der Waals surface area contributed by atoms with E-state index in [9.17, 15) is 18.4 Å². The van der Waals surface area contributed by atoms with Gasteiger partial charge in [0.2, 0.25) is 0 Å². The number of benzene rings is 3. The van der Waals surface area contributed by atoms with Crippen molar-refractivity contribution in [3.05, 3.63) is 66.2 Å². The Hall–Kier alpha value is -3.06. The molecular weight excluding hydrogens is 453 g/mol. The summed E-state index contributed by atoms with van der Waals surface area (Å²) in [5, 5.41) is 22.7. The molecule has 3 aromatic rings. The van der Waals surface area contributed by atoms with Crippen LogP contribution < -0.4 is 9.67 Å². The van der Waals surface area contributed by atoms with Gasteiger partial charge in [0.15, 0.2) is 0 Å². The van der Waals surface area contributed by atoms with Gasteiger partial charge in [0.1, 0.15) is 0 Å². The molecule has 0 spiro atoms. The minimum atomic E-state index is -5.14. The van der Waals surface area contributed by atoms with E-state index in [-0.39, 0.29) is 15.8 Å². The predicted molar refractivity (Wildman–Crippen MR) is 113 cm³/mol. The summed E-state index contributed by atoms with van der Waals surface area (Å²) in [6, 6.07) is 17.4. The number of carbonyl (C=O) groups excluding carboxylic acids is 1. The van der Waals surface area contributed by atoms with Crippen molar-refractivity contribution < 1.29 is 31.7 Å². The SMILES string of the molecule is CC(=O)Nc1c(O)cccc1[As](=O)(O)O.CC(C(=O)O)c1ccc2ccccc2c1. The second-order valence-electron chi connectivity index (χ2n) is 6.56. The standard InChI is InChI=1S/C13H12O2.C8H10AsNO5/c1-9(13(14)15)11-7-6-10-4-2-3-5-12(10)8-11;1-5(11)10-8-6(9(13,14)15)3-2-4-7(8)12/h2-9H,1H3,(H,14,15);2-4,12H,1H3,(H,10,11)(H2,13,14,15). The van der Waals surface area contributed by atoms with Gasteiger partial charge >= 0.3 is 94.1 Å². The minimum absolute atomic E-state index is 0.225. The fraction of sp³-hybridized carbons (Fsp3) is 0.143. The Labute approximate surface area is 175 Å². The van der Waals surface area contributed by atoms with Gasteiger partial charge < -0.3 is 5.11 Å². The van der Waals surface area contributed by atoms with Crippen LogP contribution in [0.1, 0.15) is 25.3 Å². The Balaban J connectivity index is 0.000000214. The minimum Gasteiger partial charge on any atom is -0.481 e. The first-order chi connectivity index (χ1) is 14.0. The second kappa shape index (κ2) is 9.63. The normalized spacial score (nSPS) is 11.9. The molecule has 1 amide bonds. The van der Waals surface area contributed by atoms with E-state index in [1.54, 1.807) is 6.92 Å². The Kier molecular flexibility index (Phi) is 7.45. The van der Waals surface area contributed by atoms with Gasteiger partial charge in [0.25, 0.3) is 0 Å². The summed E-state index contributed by atoms with van der Waals surface area (Å²) >= 11 is -5.14. The van der Waals surface area contributed by atoms with Crippen LogP contribution in [0.25, 0.3) is 10.8 Å². The zero-order valence-electron chi connectivity index (χ0n) is 16.3. The smallest absolute Gasteiger partial charge is 0.310 e. The van der Waals surface area contributed by atoms with Gasteiger partial charge in [-0.1, -0.05) is 42.5 Å². The average Bonchev–Trinajstić information content (AvgIpc) is 2.68. The Bertz CT molecular complexity index is 1120. The molecule has 30 heavy (non-hydrogen) atoms. The molecule has 0 aliphatic carbocycles. The quantitative estimate of drug-likeness (QED) is 0.287.